The fourth-order valence-corrected chi connectivity index (χ4v) is 17.0. The smallest absolute Gasteiger partial charge is 0.397 e. The molecule has 8 N–H and O–H groups in total. The number of allylic oxidation sites excluding steroid dienone is 2. The molecule has 78 heavy (non-hydrogen) atoms. The number of carboxylic acid groups (broad SMARTS) is 3. The normalized spacial score (nSPS) is 43.2. The Hall–Kier alpha value is -2.99. The Morgan fingerprint density at radius 3 is 1.45 bits per heavy atom. The van der Waals surface area contributed by atoms with E-state index in [1.165, 1.54) is 0 Å². The monoisotopic (exact) mass is 1220 g/mol. The van der Waals surface area contributed by atoms with Gasteiger partial charge in [0.2, 0.25) is 0 Å². The second-order valence-electron chi connectivity index (χ2n) is 23.1. The lowest BCUT2D eigenvalue weighted by Crippen LogP contribution is -2.69. The highest BCUT2D eigenvalue weighted by Gasteiger charge is 2.71. The molecule has 0 amide bonds. The molecule has 0 aromatic carbocycles. The maximum Gasteiger partial charge on any atom is 0.397 e. The van der Waals surface area contributed by atoms with Crippen molar-refractivity contribution in [2.24, 2.45) is 50.2 Å². The number of aliphatic carboxylic acids is 3. The number of ketones is 1. The second-order valence-corrected chi connectivity index (χ2v) is 28.4. The largest absolute Gasteiger partial charge is 0.481 e. The average molecular weight is 1220 g/mol. The summed E-state index contributed by atoms with van der Waals surface area (Å²) >= 11 is 0. The van der Waals surface area contributed by atoms with Gasteiger partial charge < -0.3 is 34.3 Å². The summed E-state index contributed by atoms with van der Waals surface area (Å²) in [6, 6.07) is 0. The van der Waals surface area contributed by atoms with Crippen molar-refractivity contribution in [3.8, 4) is 0 Å². The van der Waals surface area contributed by atoms with E-state index in [9.17, 15) is 94.6 Å². The summed E-state index contributed by atoms with van der Waals surface area (Å²) in [5, 5.41) is 30.8. The van der Waals surface area contributed by atoms with E-state index >= 15 is 4.79 Å². The first-order chi connectivity index (χ1) is 35.2. The molecule has 0 spiro atoms. The van der Waals surface area contributed by atoms with Crippen molar-refractivity contribution < 1.29 is 139 Å². The summed E-state index contributed by atoms with van der Waals surface area (Å²) in [6.07, 6.45) is -26.4. The van der Waals surface area contributed by atoms with Crippen LogP contribution in [0.3, 0.4) is 0 Å². The quantitative estimate of drug-likeness (QED) is 0.0753. The zero-order valence-corrected chi connectivity index (χ0v) is 46.6. The van der Waals surface area contributed by atoms with Crippen LogP contribution in [0.2, 0.25) is 0 Å². The summed E-state index contributed by atoms with van der Waals surface area (Å²) in [5.74, 6) is -7.17. The molecule has 4 saturated carbocycles. The molecule has 2 heterocycles. The second kappa shape index (κ2) is 20.4. The Bertz CT molecular complexity index is 3050. The van der Waals surface area contributed by atoms with Crippen LogP contribution in [0, 0.1) is 50.2 Å². The first-order valence-corrected chi connectivity index (χ1v) is 30.9. The van der Waals surface area contributed by atoms with Crippen molar-refractivity contribution in [1.29, 1.82) is 0 Å². The Morgan fingerprint density at radius 2 is 0.987 bits per heavy atom. The minimum atomic E-state index is -6.12. The lowest BCUT2D eigenvalue weighted by Gasteiger charge is -2.70. The van der Waals surface area contributed by atoms with Crippen LogP contribution in [0.4, 0.5) is 0 Å². The predicted molar refractivity (Wildman–Crippen MR) is 252 cm³/mol. The van der Waals surface area contributed by atoms with Crippen molar-refractivity contribution in [3.63, 3.8) is 0 Å². The van der Waals surface area contributed by atoms with Gasteiger partial charge in [-0.3, -0.25) is 32.4 Å². The number of hydrogen-bond donors (Lipinski definition) is 8. The fraction of sp³-hybridized carbons (Fsp3) is 0.857. The van der Waals surface area contributed by atoms with Gasteiger partial charge in [0.25, 0.3) is 0 Å². The molecule has 446 valence electrons. The topological polar surface area (TPSA) is 484 Å². The average Bonchev–Trinajstić information content (AvgIpc) is 3.24. The van der Waals surface area contributed by atoms with Gasteiger partial charge in [-0.25, -0.2) is 30.5 Å². The van der Waals surface area contributed by atoms with Crippen molar-refractivity contribution in [2.45, 2.75) is 174 Å². The van der Waals surface area contributed by atoms with E-state index < -0.39 is 176 Å². The van der Waals surface area contributed by atoms with Crippen LogP contribution in [0.1, 0.15) is 106 Å². The summed E-state index contributed by atoms with van der Waals surface area (Å²) in [4.78, 5) is 53.2. The molecule has 19 atom stereocenters. The zero-order chi connectivity index (χ0) is 58.9. The van der Waals surface area contributed by atoms with Gasteiger partial charge in [-0.15, -0.1) is 0 Å². The molecule has 31 nitrogen and oxygen atoms in total. The highest BCUT2D eigenvalue weighted by atomic mass is 32.3. The molecule has 19 unspecified atom stereocenters. The molecule has 0 aromatic heterocycles. The predicted octanol–water partition coefficient (Wildman–Crippen LogP) is 1.38. The third-order valence-corrected chi connectivity index (χ3v) is 20.6. The van der Waals surface area contributed by atoms with Gasteiger partial charge in [0.1, 0.15) is 30.5 Å². The molecular weight excluding hydrogens is 1160 g/mol. The van der Waals surface area contributed by atoms with Gasteiger partial charge in [0.05, 0.1) is 11.5 Å². The minimum absolute atomic E-state index is 0.0989. The molecule has 6 fully saturated rings. The van der Waals surface area contributed by atoms with Crippen LogP contribution in [0.15, 0.2) is 11.6 Å². The Kier molecular flexibility index (Phi) is 16.4. The highest BCUT2D eigenvalue weighted by Crippen LogP contribution is 2.75. The van der Waals surface area contributed by atoms with E-state index in [1.807, 2.05) is 6.92 Å². The molecule has 5 aliphatic carbocycles. The van der Waals surface area contributed by atoms with Crippen molar-refractivity contribution in [2.75, 3.05) is 0 Å². The van der Waals surface area contributed by atoms with E-state index in [2.05, 4.69) is 41.7 Å². The van der Waals surface area contributed by atoms with Crippen LogP contribution < -0.4 is 0 Å². The van der Waals surface area contributed by atoms with Gasteiger partial charge in [-0.2, -0.15) is 42.1 Å². The highest BCUT2D eigenvalue weighted by molar-refractivity contribution is 7.82. The van der Waals surface area contributed by atoms with Crippen molar-refractivity contribution >= 4 is 75.7 Å². The number of rotatable bonds is 17. The molecule has 0 aromatic rings. The van der Waals surface area contributed by atoms with Crippen LogP contribution in [-0.4, -0.2) is 171 Å². The molecule has 0 radical (unpaired) electrons. The molecule has 0 bridgehead atoms. The summed E-state index contributed by atoms with van der Waals surface area (Å²) in [5.41, 5.74) is -3.78. The summed E-state index contributed by atoms with van der Waals surface area (Å²) in [7, 11) is -30.3. The number of carbonyl (C=O) groups is 4. The molecular formula is C42H62O31S5. The molecule has 2 aliphatic heterocycles. The lowest BCUT2D eigenvalue weighted by molar-refractivity contribution is -0.364. The van der Waals surface area contributed by atoms with E-state index in [-0.39, 0.29) is 30.0 Å². The first-order valence-electron chi connectivity index (χ1n) is 24.0. The van der Waals surface area contributed by atoms with E-state index in [0.29, 0.717) is 38.5 Å². The standard InChI is InChI=1S/C42H62O31S5/c1-37(2)21-8-11-42(7)31(20(43)16-18-19-17-39(4,36(48)49)13-12-38(19,3)14-15-41(18,42)6)40(21,5)10-9-22(37)65-34-29(25(71-76(56,57)58)23(69-74(50,51)52)27(66-34)32(44)45)68-35-30(73-78(62,63)64)26(72-77(59,60)61)24(70-75(53,54)55)28(67-35)33(46)47/h16,19,21-31,34-35H,8-15,17H2,1-7H3,(H,44,45)(H,46,47)(H,48,49)(H,50,51,52)(H,53,54,55)(H,56,57,58)(H,59,60,61)(H,62,63,64). The lowest BCUT2D eigenvalue weighted by atomic mass is 9.33. The van der Waals surface area contributed by atoms with Gasteiger partial charge >= 0.3 is 69.9 Å². The molecule has 36 heteroatoms. The van der Waals surface area contributed by atoms with Crippen molar-refractivity contribution in [3.05, 3.63) is 11.6 Å². The first kappa shape index (κ1) is 62.6. The van der Waals surface area contributed by atoms with Crippen LogP contribution in [-0.2, 0) is 111 Å². The van der Waals surface area contributed by atoms with E-state index in [1.54, 1.807) is 26.8 Å². The van der Waals surface area contributed by atoms with Gasteiger partial charge in [0, 0.05) is 5.92 Å². The Labute approximate surface area is 448 Å². The SMILES string of the molecule is CC1(C(=O)O)CCC2(C)CCC3(C)C(=CC(=O)C4C5(C)CCC(OC6OC(C(=O)O)C(OS(=O)(=O)O)C(OS(=O)(=O)O)C6OC6OC(C(=O)O)C(OS(=O)(=O)O)C(OS(=O)(=O)O)C6OS(=O)(=O)O)C(C)(C)C5CCC43C)C2C1. The minimum Gasteiger partial charge on any atom is -0.481 e. The number of ether oxygens (including phenoxy) is 4. The number of fused-ring (bicyclic) bond motifs is 7. The third-order valence-electron chi connectivity index (χ3n) is 18.3. The Balaban J connectivity index is 1.32. The third kappa shape index (κ3) is 11.9. The van der Waals surface area contributed by atoms with Crippen LogP contribution in [0.5, 0.6) is 0 Å². The molecule has 7 rings (SSSR count). The number of carboxylic acids is 3. The van der Waals surface area contributed by atoms with Gasteiger partial charge in [-0.1, -0.05) is 47.1 Å². The van der Waals surface area contributed by atoms with E-state index in [0.717, 1.165) is 12.0 Å². The maximum atomic E-state index is 15.1. The van der Waals surface area contributed by atoms with E-state index in [4.69, 9.17) is 18.9 Å². The van der Waals surface area contributed by atoms with Crippen molar-refractivity contribution in [1.82, 2.24) is 0 Å². The molecule has 7 aliphatic rings. The van der Waals surface area contributed by atoms with Crippen LogP contribution >= 0.6 is 0 Å². The number of hydrogen-bond acceptors (Lipinski definition) is 23. The fourth-order valence-electron chi connectivity index (χ4n) is 14.5. The summed E-state index contributed by atoms with van der Waals surface area (Å²) < 4.78 is 216. The number of carbonyl (C=O) groups excluding carboxylic acids is 1. The van der Waals surface area contributed by atoms with Crippen LogP contribution in [0.25, 0.3) is 0 Å². The maximum absolute atomic E-state index is 15.1. The molecule has 2 saturated heterocycles. The van der Waals surface area contributed by atoms with Gasteiger partial charge in [-0.05, 0) is 110 Å². The zero-order valence-electron chi connectivity index (χ0n) is 42.5. The van der Waals surface area contributed by atoms with Gasteiger partial charge in [0.15, 0.2) is 36.7 Å². The summed E-state index contributed by atoms with van der Waals surface area (Å²) in [6.45, 7) is 13.4. The Morgan fingerprint density at radius 1 is 0.551 bits per heavy atom.